The SMILES string of the molecule is COc1ccc(C(=O)Cc2cccnc2)nn1. The van der Waals surface area contributed by atoms with Crippen LogP contribution in [0.1, 0.15) is 16.1 Å². The number of aromatic nitrogens is 3. The molecule has 0 N–H and O–H groups in total. The first-order valence-corrected chi connectivity index (χ1v) is 5.09. The van der Waals surface area contributed by atoms with Gasteiger partial charge in [0.2, 0.25) is 5.88 Å². The molecular weight excluding hydrogens is 218 g/mol. The van der Waals surface area contributed by atoms with E-state index in [1.807, 2.05) is 6.07 Å². The maximum absolute atomic E-state index is 11.8. The highest BCUT2D eigenvalue weighted by Gasteiger charge is 2.09. The van der Waals surface area contributed by atoms with E-state index < -0.39 is 0 Å². The van der Waals surface area contributed by atoms with Gasteiger partial charge in [0.25, 0.3) is 0 Å². The highest BCUT2D eigenvalue weighted by molar-refractivity contribution is 5.95. The molecule has 86 valence electrons. The molecule has 0 aliphatic carbocycles. The average Bonchev–Trinajstić information content (AvgIpc) is 2.40. The van der Waals surface area contributed by atoms with E-state index in [1.54, 1.807) is 30.6 Å². The van der Waals surface area contributed by atoms with Gasteiger partial charge in [-0.1, -0.05) is 6.07 Å². The maximum atomic E-state index is 11.8. The zero-order chi connectivity index (χ0) is 12.1. The summed E-state index contributed by atoms with van der Waals surface area (Å²) in [7, 11) is 1.50. The minimum Gasteiger partial charge on any atom is -0.480 e. The van der Waals surface area contributed by atoms with E-state index in [-0.39, 0.29) is 12.2 Å². The standard InChI is InChI=1S/C12H11N3O2/c1-17-12-5-4-10(14-15-12)11(16)7-9-3-2-6-13-8-9/h2-6,8H,7H2,1H3. The number of ketones is 1. The minimum absolute atomic E-state index is 0.0897. The summed E-state index contributed by atoms with van der Waals surface area (Å²) in [4.78, 5) is 15.8. The maximum Gasteiger partial charge on any atom is 0.233 e. The Morgan fingerprint density at radius 3 is 2.76 bits per heavy atom. The van der Waals surface area contributed by atoms with Crippen LogP contribution in [0.3, 0.4) is 0 Å². The van der Waals surface area contributed by atoms with E-state index >= 15 is 0 Å². The summed E-state index contributed by atoms with van der Waals surface area (Å²) in [6, 6.07) is 6.86. The van der Waals surface area contributed by atoms with Crippen LogP contribution in [-0.2, 0) is 6.42 Å². The van der Waals surface area contributed by atoms with Gasteiger partial charge in [0.05, 0.1) is 7.11 Å². The van der Waals surface area contributed by atoms with Crippen LogP contribution in [0.4, 0.5) is 0 Å². The van der Waals surface area contributed by atoms with E-state index in [0.29, 0.717) is 11.6 Å². The van der Waals surface area contributed by atoms with Crippen LogP contribution >= 0.6 is 0 Å². The molecular formula is C12H11N3O2. The van der Waals surface area contributed by atoms with Crippen molar-refractivity contribution in [1.29, 1.82) is 0 Å². The van der Waals surface area contributed by atoms with Crippen LogP contribution < -0.4 is 4.74 Å². The number of carbonyl (C=O) groups excluding carboxylic acids is 1. The third kappa shape index (κ3) is 2.84. The molecule has 5 heteroatoms. The van der Waals surface area contributed by atoms with E-state index in [9.17, 15) is 4.79 Å². The Hall–Kier alpha value is -2.30. The van der Waals surface area contributed by atoms with Crippen LogP contribution in [0.5, 0.6) is 5.88 Å². The fraction of sp³-hybridized carbons (Fsp3) is 0.167. The van der Waals surface area contributed by atoms with Gasteiger partial charge in [0.15, 0.2) is 5.78 Å². The second-order valence-electron chi connectivity index (χ2n) is 3.42. The smallest absolute Gasteiger partial charge is 0.233 e. The predicted octanol–water partition coefficient (Wildman–Crippen LogP) is 1.31. The molecule has 0 saturated heterocycles. The highest BCUT2D eigenvalue weighted by Crippen LogP contribution is 2.07. The molecule has 0 aliphatic heterocycles. The van der Waals surface area contributed by atoms with Crippen molar-refractivity contribution in [3.63, 3.8) is 0 Å². The molecule has 2 rings (SSSR count). The van der Waals surface area contributed by atoms with Crippen LogP contribution in [0.2, 0.25) is 0 Å². The third-order valence-corrected chi connectivity index (χ3v) is 2.22. The molecule has 5 nitrogen and oxygen atoms in total. The topological polar surface area (TPSA) is 65.0 Å². The summed E-state index contributed by atoms with van der Waals surface area (Å²) in [5, 5.41) is 7.55. The molecule has 17 heavy (non-hydrogen) atoms. The number of hydrogen-bond acceptors (Lipinski definition) is 5. The van der Waals surface area contributed by atoms with Gasteiger partial charge in [-0.05, 0) is 17.7 Å². The largest absolute Gasteiger partial charge is 0.480 e. The predicted molar refractivity (Wildman–Crippen MR) is 60.9 cm³/mol. The van der Waals surface area contributed by atoms with Crippen LogP contribution in [0.25, 0.3) is 0 Å². The van der Waals surface area contributed by atoms with Crippen molar-refractivity contribution in [2.45, 2.75) is 6.42 Å². The zero-order valence-electron chi connectivity index (χ0n) is 9.33. The van der Waals surface area contributed by atoms with Gasteiger partial charge in [0.1, 0.15) is 5.69 Å². The molecule has 0 unspecified atom stereocenters. The Labute approximate surface area is 98.5 Å². The fourth-order valence-corrected chi connectivity index (χ4v) is 1.36. The van der Waals surface area contributed by atoms with Crippen LogP contribution in [0.15, 0.2) is 36.7 Å². The number of pyridine rings is 1. The van der Waals surface area contributed by atoms with Crippen molar-refractivity contribution in [3.8, 4) is 5.88 Å². The molecule has 2 aromatic heterocycles. The highest BCUT2D eigenvalue weighted by atomic mass is 16.5. The number of methoxy groups -OCH3 is 1. The number of carbonyl (C=O) groups is 1. The molecule has 2 aromatic rings. The van der Waals surface area contributed by atoms with Crippen molar-refractivity contribution in [3.05, 3.63) is 47.9 Å². The number of nitrogens with zero attached hydrogens (tertiary/aromatic N) is 3. The van der Waals surface area contributed by atoms with Gasteiger partial charge >= 0.3 is 0 Å². The molecule has 0 aliphatic rings. The van der Waals surface area contributed by atoms with Crippen LogP contribution in [-0.4, -0.2) is 28.1 Å². The minimum atomic E-state index is -0.0897. The molecule has 0 atom stereocenters. The Morgan fingerprint density at radius 1 is 1.29 bits per heavy atom. The quantitative estimate of drug-likeness (QED) is 0.739. The average molecular weight is 229 g/mol. The van der Waals surface area contributed by atoms with Crippen molar-refractivity contribution >= 4 is 5.78 Å². The lowest BCUT2D eigenvalue weighted by Crippen LogP contribution is -2.07. The van der Waals surface area contributed by atoms with Gasteiger partial charge in [-0.25, -0.2) is 0 Å². The monoisotopic (exact) mass is 229 g/mol. The second kappa shape index (κ2) is 5.16. The number of ether oxygens (including phenoxy) is 1. The van der Waals surface area contributed by atoms with Gasteiger partial charge < -0.3 is 4.74 Å². The fourth-order valence-electron chi connectivity index (χ4n) is 1.36. The Bertz CT molecular complexity index is 497. The van der Waals surface area contributed by atoms with Gasteiger partial charge in [-0.15, -0.1) is 10.2 Å². The van der Waals surface area contributed by atoms with Crippen molar-refractivity contribution in [1.82, 2.24) is 15.2 Å². The summed E-state index contributed by atoms with van der Waals surface area (Å²) < 4.78 is 4.87. The summed E-state index contributed by atoms with van der Waals surface area (Å²) in [5.41, 5.74) is 1.18. The normalized spacial score (nSPS) is 9.94. The van der Waals surface area contributed by atoms with Crippen molar-refractivity contribution < 1.29 is 9.53 Å². The number of rotatable bonds is 4. The van der Waals surface area contributed by atoms with Gasteiger partial charge in [-0.2, -0.15) is 0 Å². The summed E-state index contributed by atoms with van der Waals surface area (Å²) >= 11 is 0. The molecule has 0 aromatic carbocycles. The number of hydrogen-bond donors (Lipinski definition) is 0. The first kappa shape index (κ1) is 11.2. The first-order chi connectivity index (χ1) is 8.29. The molecule has 0 bridgehead atoms. The summed E-state index contributed by atoms with van der Waals surface area (Å²) in [5.74, 6) is 0.302. The molecule has 0 fully saturated rings. The molecule has 2 heterocycles. The van der Waals surface area contributed by atoms with Crippen molar-refractivity contribution in [2.75, 3.05) is 7.11 Å². The van der Waals surface area contributed by atoms with Gasteiger partial charge in [0, 0.05) is 24.9 Å². The molecule has 0 radical (unpaired) electrons. The Kier molecular flexibility index (Phi) is 3.40. The first-order valence-electron chi connectivity index (χ1n) is 5.09. The summed E-state index contributed by atoms with van der Waals surface area (Å²) in [6.45, 7) is 0. The van der Waals surface area contributed by atoms with Crippen LogP contribution in [0, 0.1) is 0 Å². The third-order valence-electron chi connectivity index (χ3n) is 2.22. The van der Waals surface area contributed by atoms with E-state index in [1.165, 1.54) is 7.11 Å². The Balaban J connectivity index is 2.09. The molecule has 0 saturated carbocycles. The van der Waals surface area contributed by atoms with E-state index in [0.717, 1.165) is 5.56 Å². The van der Waals surface area contributed by atoms with Gasteiger partial charge in [-0.3, -0.25) is 9.78 Å². The van der Waals surface area contributed by atoms with E-state index in [2.05, 4.69) is 15.2 Å². The lowest BCUT2D eigenvalue weighted by Gasteiger charge is -2.00. The molecule has 0 amide bonds. The lowest BCUT2D eigenvalue weighted by molar-refractivity contribution is 0.0987. The molecule has 0 spiro atoms. The number of Topliss-reactive ketones (excluding diaryl/α,β-unsaturated/α-hetero) is 1. The Morgan fingerprint density at radius 2 is 2.18 bits per heavy atom. The summed E-state index contributed by atoms with van der Waals surface area (Å²) in [6.07, 6.45) is 3.60. The van der Waals surface area contributed by atoms with E-state index in [4.69, 9.17) is 4.74 Å². The lowest BCUT2D eigenvalue weighted by atomic mass is 10.1. The van der Waals surface area contributed by atoms with Crippen molar-refractivity contribution in [2.24, 2.45) is 0 Å². The zero-order valence-corrected chi connectivity index (χ0v) is 9.33. The second-order valence-corrected chi connectivity index (χ2v) is 3.42.